The lowest BCUT2D eigenvalue weighted by Gasteiger charge is -2.24. The highest BCUT2D eigenvalue weighted by molar-refractivity contribution is 7.85. The van der Waals surface area contributed by atoms with Gasteiger partial charge in [0.05, 0.1) is 59.4 Å². The summed E-state index contributed by atoms with van der Waals surface area (Å²) >= 11 is 0. The van der Waals surface area contributed by atoms with Crippen molar-refractivity contribution in [1.82, 2.24) is 25.2 Å². The summed E-state index contributed by atoms with van der Waals surface area (Å²) < 4.78 is 34.5. The van der Waals surface area contributed by atoms with Gasteiger partial charge in [-0.2, -0.15) is 5.10 Å². The molecule has 0 atom stereocenters. The van der Waals surface area contributed by atoms with Gasteiger partial charge in [-0.1, -0.05) is 0 Å². The Hall–Kier alpha value is -1.15. The van der Waals surface area contributed by atoms with Crippen molar-refractivity contribution in [2.45, 2.75) is 13.1 Å². The fraction of sp³-hybridized carbons (Fsp3) is 0.889. The normalized spacial score (nSPS) is 15.8. The molecule has 0 unspecified atom stereocenters. The molecule has 1 saturated heterocycles. The van der Waals surface area contributed by atoms with Gasteiger partial charge in [-0.3, -0.25) is 13.9 Å². The van der Waals surface area contributed by atoms with E-state index >= 15 is 0 Å². The lowest BCUT2D eigenvalue weighted by Crippen LogP contribution is -2.38. The van der Waals surface area contributed by atoms with Crippen LogP contribution in [-0.2, 0) is 42.8 Å². The minimum absolute atomic E-state index is 0.131. The Labute approximate surface area is 179 Å². The zero-order chi connectivity index (χ0) is 21.4. The van der Waals surface area contributed by atoms with Gasteiger partial charge in [-0.05, 0) is 7.05 Å². The van der Waals surface area contributed by atoms with Crippen molar-refractivity contribution in [2.75, 3.05) is 91.0 Å². The van der Waals surface area contributed by atoms with E-state index in [9.17, 15) is 9.00 Å². The molecule has 174 valence electrons. The predicted molar refractivity (Wildman–Crippen MR) is 113 cm³/mol. The second-order valence-electron chi connectivity index (χ2n) is 6.79. The van der Waals surface area contributed by atoms with E-state index in [0.717, 1.165) is 19.6 Å². The van der Waals surface area contributed by atoms with Crippen LogP contribution in [0.4, 0.5) is 0 Å². The Bertz CT molecular complexity index is 645. The van der Waals surface area contributed by atoms with E-state index in [1.54, 1.807) is 0 Å². The van der Waals surface area contributed by atoms with Crippen molar-refractivity contribution in [2.24, 2.45) is 0 Å². The minimum atomic E-state index is -0.725. The first-order valence-corrected chi connectivity index (χ1v) is 11.9. The van der Waals surface area contributed by atoms with Crippen LogP contribution in [0.5, 0.6) is 0 Å². The lowest BCUT2D eigenvalue weighted by molar-refractivity contribution is -0.00240. The lowest BCUT2D eigenvalue weighted by atomic mass is 10.4. The van der Waals surface area contributed by atoms with Crippen LogP contribution < -0.4 is 10.9 Å². The van der Waals surface area contributed by atoms with Crippen LogP contribution in [0, 0.1) is 0 Å². The molecule has 12 heteroatoms. The zero-order valence-corrected chi connectivity index (χ0v) is 18.6. The number of ether oxygens (including phenoxy) is 4. The Morgan fingerprint density at radius 1 is 0.967 bits per heavy atom. The molecule has 2 heterocycles. The van der Waals surface area contributed by atoms with Gasteiger partial charge in [0.15, 0.2) is 0 Å². The zero-order valence-electron chi connectivity index (χ0n) is 17.8. The van der Waals surface area contributed by atoms with E-state index in [1.807, 2.05) is 7.05 Å². The second kappa shape index (κ2) is 15.6. The largest absolute Gasteiger partial charge is 0.378 e. The molecular formula is C18H35N5O6S. The molecule has 1 aromatic rings. The van der Waals surface area contributed by atoms with Crippen molar-refractivity contribution < 1.29 is 23.2 Å². The molecule has 0 aromatic carbocycles. The number of hydrogen-bond acceptors (Lipinski definition) is 9. The summed E-state index contributed by atoms with van der Waals surface area (Å²) in [4.78, 5) is 14.5. The first-order valence-electron chi connectivity index (χ1n) is 10.4. The van der Waals surface area contributed by atoms with Gasteiger partial charge in [-0.15, -0.1) is 0 Å². The van der Waals surface area contributed by atoms with E-state index in [-0.39, 0.29) is 5.56 Å². The molecule has 1 aromatic heterocycles. The van der Waals surface area contributed by atoms with Crippen LogP contribution in [0.15, 0.2) is 4.79 Å². The summed E-state index contributed by atoms with van der Waals surface area (Å²) in [5.41, 5.74) is 0.354. The fourth-order valence-electron chi connectivity index (χ4n) is 2.76. The molecule has 11 nitrogen and oxygen atoms in total. The van der Waals surface area contributed by atoms with Crippen molar-refractivity contribution in [3.05, 3.63) is 16.0 Å². The molecule has 2 N–H and O–H groups in total. The van der Waals surface area contributed by atoms with E-state index in [4.69, 9.17) is 18.9 Å². The van der Waals surface area contributed by atoms with Gasteiger partial charge in [0, 0.05) is 48.5 Å². The van der Waals surface area contributed by atoms with Gasteiger partial charge in [0.25, 0.3) is 5.56 Å². The SMILES string of the molecule is CNCCOCCOCCOCCOCCn1[nH]nc(CN2CCS(=O)CC2)c1=O. The summed E-state index contributed by atoms with van der Waals surface area (Å²) in [7, 11) is 1.16. The van der Waals surface area contributed by atoms with Gasteiger partial charge in [-0.25, -0.2) is 9.90 Å². The molecule has 1 fully saturated rings. The minimum Gasteiger partial charge on any atom is -0.378 e. The Morgan fingerprint density at radius 3 is 2.13 bits per heavy atom. The molecule has 1 aliphatic rings. The molecule has 1 aliphatic heterocycles. The highest BCUT2D eigenvalue weighted by atomic mass is 32.2. The maximum Gasteiger partial charge on any atom is 0.291 e. The van der Waals surface area contributed by atoms with E-state index in [2.05, 4.69) is 20.5 Å². The average molecular weight is 450 g/mol. The summed E-state index contributed by atoms with van der Waals surface area (Å²) in [5, 5.41) is 9.87. The number of H-pyrrole nitrogens is 1. The Balaban J connectivity index is 1.44. The van der Waals surface area contributed by atoms with E-state index < -0.39 is 10.8 Å². The highest BCUT2D eigenvalue weighted by Crippen LogP contribution is 2.03. The summed E-state index contributed by atoms with van der Waals surface area (Å²) in [6.45, 7) is 7.37. The van der Waals surface area contributed by atoms with Gasteiger partial charge >= 0.3 is 0 Å². The Morgan fingerprint density at radius 2 is 1.53 bits per heavy atom. The molecule has 0 bridgehead atoms. The van der Waals surface area contributed by atoms with Crippen LogP contribution in [0.2, 0.25) is 0 Å². The van der Waals surface area contributed by atoms with Crippen molar-refractivity contribution in [1.29, 1.82) is 0 Å². The number of aromatic amines is 1. The average Bonchev–Trinajstić information content (AvgIpc) is 3.09. The number of hydrogen-bond donors (Lipinski definition) is 2. The molecule has 0 radical (unpaired) electrons. The molecule has 30 heavy (non-hydrogen) atoms. The number of likely N-dealkylation sites (N-methyl/N-ethyl adjacent to an activating group) is 1. The number of aromatic nitrogens is 3. The van der Waals surface area contributed by atoms with E-state index in [1.165, 1.54) is 4.68 Å². The smallest absolute Gasteiger partial charge is 0.291 e. The van der Waals surface area contributed by atoms with Gasteiger partial charge < -0.3 is 24.3 Å². The third kappa shape index (κ3) is 10.2. The molecule has 0 spiro atoms. The van der Waals surface area contributed by atoms with Crippen molar-refractivity contribution in [3.63, 3.8) is 0 Å². The van der Waals surface area contributed by atoms with Crippen LogP contribution in [-0.4, -0.2) is 115 Å². The van der Waals surface area contributed by atoms with E-state index in [0.29, 0.717) is 83.1 Å². The second-order valence-corrected chi connectivity index (χ2v) is 8.49. The molecule has 0 saturated carbocycles. The van der Waals surface area contributed by atoms with Gasteiger partial charge in [0.1, 0.15) is 5.69 Å². The maximum absolute atomic E-state index is 12.3. The topological polar surface area (TPSA) is 120 Å². The third-order valence-electron chi connectivity index (χ3n) is 4.51. The monoisotopic (exact) mass is 449 g/mol. The quantitative estimate of drug-likeness (QED) is 0.272. The van der Waals surface area contributed by atoms with Crippen LogP contribution >= 0.6 is 0 Å². The van der Waals surface area contributed by atoms with Crippen LogP contribution in [0.3, 0.4) is 0 Å². The molecule has 0 amide bonds. The highest BCUT2D eigenvalue weighted by Gasteiger charge is 2.18. The van der Waals surface area contributed by atoms with Crippen LogP contribution in [0.25, 0.3) is 0 Å². The fourth-order valence-corrected chi connectivity index (χ4v) is 3.89. The third-order valence-corrected chi connectivity index (χ3v) is 5.79. The van der Waals surface area contributed by atoms with Crippen LogP contribution in [0.1, 0.15) is 5.69 Å². The maximum atomic E-state index is 12.3. The predicted octanol–water partition coefficient (Wildman–Crippen LogP) is -1.58. The van der Waals surface area contributed by atoms with Gasteiger partial charge in [0.2, 0.25) is 0 Å². The summed E-state index contributed by atoms with van der Waals surface area (Å²) in [5.74, 6) is 1.32. The van der Waals surface area contributed by atoms with Crippen molar-refractivity contribution >= 4 is 10.8 Å². The number of nitrogens with one attached hydrogen (secondary N) is 2. The number of rotatable bonds is 17. The first kappa shape index (κ1) is 25.1. The first-order chi connectivity index (χ1) is 14.7. The summed E-state index contributed by atoms with van der Waals surface area (Å²) in [6, 6.07) is 0. The summed E-state index contributed by atoms with van der Waals surface area (Å²) in [6.07, 6.45) is 0. The number of nitrogens with zero attached hydrogens (tertiary/aromatic N) is 3. The molecular weight excluding hydrogens is 414 g/mol. The molecule has 0 aliphatic carbocycles. The molecule has 2 rings (SSSR count). The van der Waals surface area contributed by atoms with Crippen molar-refractivity contribution in [3.8, 4) is 0 Å². The standard InChI is InChI=1S/C18H35N5O6S/c1-19-2-6-26-8-10-28-12-13-29-11-9-27-7-3-23-18(24)17(20-21-23)16-22-4-14-30(25)15-5-22/h19,21H,2-16H2,1H3. The Kier molecular flexibility index (Phi) is 13.1.